The van der Waals surface area contributed by atoms with E-state index in [1.807, 2.05) is 0 Å². The normalized spacial score (nSPS) is 15.0. The average Bonchev–Trinajstić information content (AvgIpc) is 1.62. The first-order valence-corrected chi connectivity index (χ1v) is 4.33. The Balaban J connectivity index is 4.43. The monoisotopic (exact) mass is 150 g/mol. The van der Waals surface area contributed by atoms with E-state index in [0.29, 0.717) is 0 Å². The molecule has 0 heterocycles. The van der Waals surface area contributed by atoms with Gasteiger partial charge in [0.25, 0.3) is 0 Å². The molecule has 0 saturated carbocycles. The van der Waals surface area contributed by atoms with Gasteiger partial charge >= 0.3 is 0 Å². The van der Waals surface area contributed by atoms with Crippen LogP contribution in [-0.4, -0.2) is 25.2 Å². The fourth-order valence-electron chi connectivity index (χ4n) is 0.365. The standard InChI is InChI=1S/C5H10O3S/c1-4(2)5(6)9(3,7)8/h5-6H,1H2,2-3H3. The number of hydrogen-bond acceptors (Lipinski definition) is 3. The first-order chi connectivity index (χ1) is 3.85. The number of rotatable bonds is 2. The molecule has 54 valence electrons. The number of aliphatic hydroxyl groups excluding tert-OH is 1. The molecule has 0 saturated heterocycles. The van der Waals surface area contributed by atoms with Crippen LogP contribution in [0.25, 0.3) is 0 Å². The molecule has 0 bridgehead atoms. The van der Waals surface area contributed by atoms with Crippen LogP contribution in [0.2, 0.25) is 0 Å². The van der Waals surface area contributed by atoms with Crippen molar-refractivity contribution in [3.8, 4) is 0 Å². The third kappa shape index (κ3) is 2.62. The number of sulfone groups is 1. The minimum Gasteiger partial charge on any atom is -0.373 e. The summed E-state index contributed by atoms with van der Waals surface area (Å²) in [7, 11) is -3.35. The Morgan fingerprint density at radius 3 is 2.00 bits per heavy atom. The SMILES string of the molecule is C=C(C)C(O)S(C)(=O)=O. The van der Waals surface area contributed by atoms with Crippen molar-refractivity contribution < 1.29 is 13.5 Å². The second-order valence-electron chi connectivity index (χ2n) is 2.03. The molecular formula is C5H10O3S. The number of hydrogen-bond donors (Lipinski definition) is 1. The molecule has 0 aromatic rings. The maximum absolute atomic E-state index is 10.5. The summed E-state index contributed by atoms with van der Waals surface area (Å²) < 4.78 is 20.9. The van der Waals surface area contributed by atoms with E-state index >= 15 is 0 Å². The van der Waals surface area contributed by atoms with Crippen molar-refractivity contribution in [1.29, 1.82) is 0 Å². The molecule has 0 radical (unpaired) electrons. The molecule has 0 aliphatic rings. The molecule has 0 amide bonds. The molecule has 0 aromatic heterocycles. The Morgan fingerprint density at radius 1 is 1.67 bits per heavy atom. The Hall–Kier alpha value is -0.350. The molecule has 0 aromatic carbocycles. The van der Waals surface area contributed by atoms with Crippen molar-refractivity contribution in [2.24, 2.45) is 0 Å². The second kappa shape index (κ2) is 2.49. The summed E-state index contributed by atoms with van der Waals surface area (Å²) >= 11 is 0. The highest BCUT2D eigenvalue weighted by Crippen LogP contribution is 2.03. The van der Waals surface area contributed by atoms with Crippen molar-refractivity contribution in [1.82, 2.24) is 0 Å². The molecule has 0 spiro atoms. The minimum atomic E-state index is -3.35. The van der Waals surface area contributed by atoms with Gasteiger partial charge in [-0.05, 0) is 12.5 Å². The largest absolute Gasteiger partial charge is 0.373 e. The smallest absolute Gasteiger partial charge is 0.178 e. The zero-order valence-corrected chi connectivity index (χ0v) is 6.27. The summed E-state index contributed by atoms with van der Waals surface area (Å²) in [6.07, 6.45) is 0.965. The highest BCUT2D eigenvalue weighted by atomic mass is 32.2. The molecule has 3 nitrogen and oxygen atoms in total. The summed E-state index contributed by atoms with van der Waals surface area (Å²) in [5.41, 5.74) is -1.16. The molecule has 0 fully saturated rings. The van der Waals surface area contributed by atoms with Gasteiger partial charge in [-0.2, -0.15) is 0 Å². The predicted octanol–water partition coefficient (Wildman–Crippen LogP) is -0.0745. The first kappa shape index (κ1) is 8.65. The van der Waals surface area contributed by atoms with Gasteiger partial charge in [0.1, 0.15) is 0 Å². The van der Waals surface area contributed by atoms with Crippen LogP contribution in [0.5, 0.6) is 0 Å². The average molecular weight is 150 g/mol. The van der Waals surface area contributed by atoms with Crippen LogP contribution in [0.15, 0.2) is 12.2 Å². The van der Waals surface area contributed by atoms with Gasteiger partial charge in [0, 0.05) is 6.26 Å². The van der Waals surface area contributed by atoms with Crippen LogP contribution >= 0.6 is 0 Å². The van der Waals surface area contributed by atoms with Gasteiger partial charge in [-0.3, -0.25) is 0 Å². The van der Waals surface area contributed by atoms with Gasteiger partial charge in [-0.25, -0.2) is 8.42 Å². The van der Waals surface area contributed by atoms with Crippen LogP contribution in [0.3, 0.4) is 0 Å². The predicted molar refractivity (Wildman–Crippen MR) is 35.7 cm³/mol. The number of aliphatic hydroxyl groups is 1. The maximum Gasteiger partial charge on any atom is 0.178 e. The van der Waals surface area contributed by atoms with E-state index in [4.69, 9.17) is 5.11 Å². The van der Waals surface area contributed by atoms with Gasteiger partial charge < -0.3 is 5.11 Å². The molecule has 0 aliphatic heterocycles. The van der Waals surface area contributed by atoms with Gasteiger partial charge in [0.2, 0.25) is 0 Å². The Kier molecular flexibility index (Phi) is 2.40. The van der Waals surface area contributed by atoms with Crippen molar-refractivity contribution in [3.63, 3.8) is 0 Å². The van der Waals surface area contributed by atoms with E-state index in [1.165, 1.54) is 6.92 Å². The van der Waals surface area contributed by atoms with Gasteiger partial charge in [0.15, 0.2) is 15.3 Å². The van der Waals surface area contributed by atoms with E-state index in [0.717, 1.165) is 6.26 Å². The zero-order valence-electron chi connectivity index (χ0n) is 5.46. The maximum atomic E-state index is 10.5. The molecule has 0 aliphatic carbocycles. The fraction of sp³-hybridized carbons (Fsp3) is 0.600. The van der Waals surface area contributed by atoms with Gasteiger partial charge in [-0.1, -0.05) is 6.58 Å². The molecule has 0 rings (SSSR count). The minimum absolute atomic E-state index is 0.248. The summed E-state index contributed by atoms with van der Waals surface area (Å²) in [6, 6.07) is 0. The lowest BCUT2D eigenvalue weighted by Gasteiger charge is -2.05. The van der Waals surface area contributed by atoms with Crippen LogP contribution in [0.4, 0.5) is 0 Å². The summed E-state index contributed by atoms with van der Waals surface area (Å²) in [6.45, 7) is 4.76. The summed E-state index contributed by atoms with van der Waals surface area (Å²) in [5.74, 6) is 0. The Labute approximate surface area is 54.9 Å². The molecule has 1 N–H and O–H groups in total. The van der Waals surface area contributed by atoms with Crippen LogP contribution in [0.1, 0.15) is 6.92 Å². The topological polar surface area (TPSA) is 54.4 Å². The molecular weight excluding hydrogens is 140 g/mol. The second-order valence-corrected chi connectivity index (χ2v) is 4.13. The molecule has 1 atom stereocenters. The fourth-order valence-corrected chi connectivity index (χ4v) is 1.10. The summed E-state index contributed by atoms with van der Waals surface area (Å²) in [5, 5.41) is 8.78. The molecule has 9 heavy (non-hydrogen) atoms. The Morgan fingerprint density at radius 2 is 2.00 bits per heavy atom. The molecule has 4 heteroatoms. The van der Waals surface area contributed by atoms with E-state index in [1.54, 1.807) is 0 Å². The molecule has 1 unspecified atom stereocenters. The Bertz CT molecular complexity index is 202. The van der Waals surface area contributed by atoms with E-state index < -0.39 is 15.3 Å². The van der Waals surface area contributed by atoms with Crippen molar-refractivity contribution >= 4 is 9.84 Å². The first-order valence-electron chi connectivity index (χ1n) is 2.38. The van der Waals surface area contributed by atoms with E-state index in [-0.39, 0.29) is 5.57 Å². The van der Waals surface area contributed by atoms with Crippen LogP contribution < -0.4 is 0 Å². The van der Waals surface area contributed by atoms with E-state index in [2.05, 4.69) is 6.58 Å². The zero-order chi connectivity index (χ0) is 7.65. The third-order valence-corrected chi connectivity index (χ3v) is 2.04. The third-order valence-electron chi connectivity index (χ3n) is 0.827. The highest BCUT2D eigenvalue weighted by Gasteiger charge is 2.16. The lowest BCUT2D eigenvalue weighted by Crippen LogP contribution is -2.19. The quantitative estimate of drug-likeness (QED) is 0.560. The van der Waals surface area contributed by atoms with Crippen LogP contribution in [0, 0.1) is 0 Å². The van der Waals surface area contributed by atoms with E-state index in [9.17, 15) is 8.42 Å². The van der Waals surface area contributed by atoms with Gasteiger partial charge in [-0.15, -0.1) is 0 Å². The summed E-state index contributed by atoms with van der Waals surface area (Å²) in [4.78, 5) is 0. The highest BCUT2D eigenvalue weighted by molar-refractivity contribution is 7.91. The lowest BCUT2D eigenvalue weighted by atomic mass is 10.4. The van der Waals surface area contributed by atoms with Crippen molar-refractivity contribution in [2.45, 2.75) is 12.4 Å². The van der Waals surface area contributed by atoms with Crippen molar-refractivity contribution in [2.75, 3.05) is 6.26 Å². The lowest BCUT2D eigenvalue weighted by molar-refractivity contribution is 0.284. The van der Waals surface area contributed by atoms with Crippen LogP contribution in [-0.2, 0) is 9.84 Å². The van der Waals surface area contributed by atoms with Gasteiger partial charge in [0.05, 0.1) is 0 Å². The van der Waals surface area contributed by atoms with Crippen molar-refractivity contribution in [3.05, 3.63) is 12.2 Å².